The molecule has 0 radical (unpaired) electrons. The third-order valence-corrected chi connectivity index (χ3v) is 4.35. The van der Waals surface area contributed by atoms with E-state index in [1.165, 1.54) is 7.11 Å². The van der Waals surface area contributed by atoms with Gasteiger partial charge in [-0.25, -0.2) is 9.79 Å². The summed E-state index contributed by atoms with van der Waals surface area (Å²) in [7, 11) is 1.48. The summed E-state index contributed by atoms with van der Waals surface area (Å²) in [6.45, 7) is 1.90. The van der Waals surface area contributed by atoms with Crippen molar-refractivity contribution in [2.75, 3.05) is 7.11 Å². The first-order valence-corrected chi connectivity index (χ1v) is 9.46. The zero-order chi connectivity index (χ0) is 20.1. The first-order chi connectivity index (χ1) is 13.5. The average Bonchev–Trinajstić information content (AvgIpc) is 3.03. The van der Waals surface area contributed by atoms with Crippen molar-refractivity contribution in [1.29, 1.82) is 0 Å². The van der Waals surface area contributed by atoms with Crippen LogP contribution in [0.15, 0.2) is 57.6 Å². The monoisotopic (exact) mass is 443 g/mol. The second-order valence-electron chi connectivity index (χ2n) is 5.98. The van der Waals surface area contributed by atoms with Crippen LogP contribution in [-0.2, 0) is 14.3 Å². The van der Waals surface area contributed by atoms with E-state index in [1.807, 2.05) is 31.2 Å². The summed E-state index contributed by atoms with van der Waals surface area (Å²) in [6.07, 6.45) is 2.62. The lowest BCUT2D eigenvalue weighted by Gasteiger charge is -2.09. The van der Waals surface area contributed by atoms with Gasteiger partial charge in [0.25, 0.3) is 0 Å². The normalized spacial score (nSPS) is 14.6. The van der Waals surface area contributed by atoms with Gasteiger partial charge in [-0.2, -0.15) is 0 Å². The van der Waals surface area contributed by atoms with Crippen LogP contribution in [0.1, 0.15) is 30.9 Å². The summed E-state index contributed by atoms with van der Waals surface area (Å²) in [5.41, 5.74) is 1.54. The molecule has 0 N–H and O–H groups in total. The maximum absolute atomic E-state index is 12.2. The van der Waals surface area contributed by atoms with Crippen molar-refractivity contribution in [3.63, 3.8) is 0 Å². The van der Waals surface area contributed by atoms with Crippen LogP contribution in [0.3, 0.4) is 0 Å². The molecule has 0 bridgehead atoms. The van der Waals surface area contributed by atoms with Gasteiger partial charge in [-0.1, -0.05) is 35.0 Å². The molecule has 0 aromatic heterocycles. The van der Waals surface area contributed by atoms with Gasteiger partial charge in [0.15, 0.2) is 17.2 Å². The number of benzene rings is 2. The van der Waals surface area contributed by atoms with Gasteiger partial charge < -0.3 is 14.2 Å². The van der Waals surface area contributed by atoms with Gasteiger partial charge in [0, 0.05) is 16.5 Å². The molecule has 1 aliphatic heterocycles. The first kappa shape index (κ1) is 19.8. The molecule has 0 amide bonds. The molecule has 0 unspecified atom stereocenters. The lowest BCUT2D eigenvalue weighted by atomic mass is 10.1. The highest BCUT2D eigenvalue weighted by molar-refractivity contribution is 9.10. The summed E-state index contributed by atoms with van der Waals surface area (Å²) >= 11 is 3.38. The summed E-state index contributed by atoms with van der Waals surface area (Å²) in [4.78, 5) is 28.2. The number of esters is 2. The molecule has 2 aromatic rings. The number of methoxy groups -OCH3 is 1. The van der Waals surface area contributed by atoms with E-state index in [1.54, 1.807) is 24.3 Å². The third kappa shape index (κ3) is 4.67. The van der Waals surface area contributed by atoms with Crippen LogP contribution in [-0.4, -0.2) is 24.9 Å². The molecule has 0 aliphatic carbocycles. The Balaban J connectivity index is 1.86. The molecule has 0 spiro atoms. The van der Waals surface area contributed by atoms with Crippen LogP contribution in [0.4, 0.5) is 0 Å². The number of cyclic esters (lactones) is 1. The standard InChI is InChI=1S/C21H18BrNO5/c1-3-5-19(24)27-17-9-8-13(11-18(17)26-2)10-16-21(25)28-20(23-16)14-6-4-7-15(22)12-14/h4,6-12H,3,5H2,1-2H3/b16-10-. The molecular formula is C21H18BrNO5. The fraction of sp³-hybridized carbons (Fsp3) is 0.190. The predicted molar refractivity (Wildman–Crippen MR) is 108 cm³/mol. The summed E-state index contributed by atoms with van der Waals surface area (Å²) in [5, 5.41) is 0. The van der Waals surface area contributed by atoms with Gasteiger partial charge in [-0.15, -0.1) is 0 Å². The lowest BCUT2D eigenvalue weighted by Crippen LogP contribution is -2.07. The van der Waals surface area contributed by atoms with Crippen molar-refractivity contribution in [1.82, 2.24) is 0 Å². The minimum absolute atomic E-state index is 0.174. The van der Waals surface area contributed by atoms with E-state index >= 15 is 0 Å². The molecule has 6 nitrogen and oxygen atoms in total. The Bertz CT molecular complexity index is 981. The quantitative estimate of drug-likeness (QED) is 0.373. The molecule has 0 atom stereocenters. The van der Waals surface area contributed by atoms with Crippen molar-refractivity contribution in [3.8, 4) is 11.5 Å². The maximum atomic E-state index is 12.2. The zero-order valence-electron chi connectivity index (χ0n) is 15.4. The topological polar surface area (TPSA) is 74.2 Å². The van der Waals surface area contributed by atoms with Gasteiger partial charge in [-0.3, -0.25) is 4.79 Å². The Morgan fingerprint density at radius 1 is 1.21 bits per heavy atom. The second-order valence-corrected chi connectivity index (χ2v) is 6.90. The number of halogens is 1. The highest BCUT2D eigenvalue weighted by Gasteiger charge is 2.24. The van der Waals surface area contributed by atoms with Crippen molar-refractivity contribution in [2.45, 2.75) is 19.8 Å². The van der Waals surface area contributed by atoms with E-state index in [9.17, 15) is 9.59 Å². The van der Waals surface area contributed by atoms with Crippen molar-refractivity contribution in [2.24, 2.45) is 4.99 Å². The molecule has 1 aliphatic rings. The second kappa shape index (κ2) is 8.84. The van der Waals surface area contributed by atoms with E-state index in [0.717, 1.165) is 4.47 Å². The van der Waals surface area contributed by atoms with Gasteiger partial charge >= 0.3 is 11.9 Å². The Morgan fingerprint density at radius 3 is 2.75 bits per heavy atom. The Morgan fingerprint density at radius 2 is 2.04 bits per heavy atom. The molecule has 2 aromatic carbocycles. The third-order valence-electron chi connectivity index (χ3n) is 3.86. The van der Waals surface area contributed by atoms with Gasteiger partial charge in [0.05, 0.1) is 7.11 Å². The smallest absolute Gasteiger partial charge is 0.363 e. The van der Waals surface area contributed by atoms with Crippen LogP contribution >= 0.6 is 15.9 Å². The van der Waals surface area contributed by atoms with Gasteiger partial charge in [0.2, 0.25) is 5.90 Å². The Kier molecular flexibility index (Phi) is 6.26. The number of hydrogen-bond acceptors (Lipinski definition) is 6. The fourth-order valence-corrected chi connectivity index (χ4v) is 2.95. The summed E-state index contributed by atoms with van der Waals surface area (Å²) in [5.74, 6) is 0.105. The molecule has 0 fully saturated rings. The number of ether oxygens (including phenoxy) is 3. The average molecular weight is 444 g/mol. The van der Waals surface area contributed by atoms with E-state index in [2.05, 4.69) is 20.9 Å². The van der Waals surface area contributed by atoms with Crippen LogP contribution in [0, 0.1) is 0 Å². The largest absolute Gasteiger partial charge is 0.493 e. The van der Waals surface area contributed by atoms with Crippen LogP contribution in [0.25, 0.3) is 6.08 Å². The van der Waals surface area contributed by atoms with Crippen molar-refractivity contribution in [3.05, 3.63) is 63.8 Å². The molecule has 3 rings (SSSR count). The van der Waals surface area contributed by atoms with E-state index in [4.69, 9.17) is 14.2 Å². The molecule has 0 saturated heterocycles. The van der Waals surface area contributed by atoms with Gasteiger partial charge in [-0.05, 0) is 48.4 Å². The van der Waals surface area contributed by atoms with Crippen molar-refractivity contribution >= 4 is 39.8 Å². The molecule has 28 heavy (non-hydrogen) atoms. The molecule has 144 valence electrons. The van der Waals surface area contributed by atoms with E-state index < -0.39 is 5.97 Å². The summed E-state index contributed by atoms with van der Waals surface area (Å²) in [6, 6.07) is 12.3. The highest BCUT2D eigenvalue weighted by Crippen LogP contribution is 2.30. The first-order valence-electron chi connectivity index (χ1n) is 8.67. The van der Waals surface area contributed by atoms with Crippen LogP contribution in [0.2, 0.25) is 0 Å². The number of aliphatic imine (C=N–C) groups is 1. The lowest BCUT2D eigenvalue weighted by molar-refractivity contribution is -0.134. The number of carbonyl (C=O) groups excluding carboxylic acids is 2. The number of carbonyl (C=O) groups is 2. The van der Waals surface area contributed by atoms with Crippen LogP contribution < -0.4 is 9.47 Å². The maximum Gasteiger partial charge on any atom is 0.363 e. The molecular weight excluding hydrogens is 426 g/mol. The minimum Gasteiger partial charge on any atom is -0.493 e. The highest BCUT2D eigenvalue weighted by atomic mass is 79.9. The van der Waals surface area contributed by atoms with E-state index in [-0.39, 0.29) is 17.6 Å². The number of rotatable bonds is 6. The van der Waals surface area contributed by atoms with Gasteiger partial charge in [0.1, 0.15) is 0 Å². The van der Waals surface area contributed by atoms with Crippen LogP contribution in [0.5, 0.6) is 11.5 Å². The minimum atomic E-state index is -0.535. The van der Waals surface area contributed by atoms with E-state index in [0.29, 0.717) is 35.5 Å². The Labute approximate surface area is 171 Å². The SMILES string of the molecule is CCCC(=O)Oc1ccc(/C=C2\N=C(c3cccc(Br)c3)OC2=O)cc1OC. The zero-order valence-corrected chi connectivity index (χ0v) is 17.0. The molecule has 1 heterocycles. The summed E-state index contributed by atoms with van der Waals surface area (Å²) < 4.78 is 16.7. The molecule has 0 saturated carbocycles. The number of nitrogens with zero attached hydrogens (tertiary/aromatic N) is 1. The molecule has 7 heteroatoms. The predicted octanol–water partition coefficient (Wildman–Crippen LogP) is 4.51. The van der Waals surface area contributed by atoms with Crippen molar-refractivity contribution < 1.29 is 23.8 Å². The Hall–Kier alpha value is -2.93. The fourth-order valence-electron chi connectivity index (χ4n) is 2.55. The number of hydrogen-bond donors (Lipinski definition) is 0.